The van der Waals surface area contributed by atoms with Crippen LogP contribution in [0, 0.1) is 6.92 Å². The lowest BCUT2D eigenvalue weighted by molar-refractivity contribution is 0.188. The predicted molar refractivity (Wildman–Crippen MR) is 62.9 cm³/mol. The zero-order valence-electron chi connectivity index (χ0n) is 9.86. The number of methoxy groups -OCH3 is 2. The summed E-state index contributed by atoms with van der Waals surface area (Å²) in [6, 6.07) is 4.15. The van der Waals surface area contributed by atoms with Gasteiger partial charge in [-0.1, -0.05) is 0 Å². The average molecular weight is 220 g/mol. The van der Waals surface area contributed by atoms with Crippen molar-refractivity contribution in [3.63, 3.8) is 0 Å². The third-order valence-electron chi connectivity index (χ3n) is 2.61. The van der Waals surface area contributed by atoms with Crippen LogP contribution in [0.5, 0.6) is 5.88 Å². The van der Waals surface area contributed by atoms with Gasteiger partial charge in [0, 0.05) is 30.8 Å². The molecule has 16 heavy (non-hydrogen) atoms. The van der Waals surface area contributed by atoms with E-state index in [2.05, 4.69) is 21.7 Å². The first kappa shape index (κ1) is 11.0. The zero-order valence-corrected chi connectivity index (χ0v) is 9.86. The molecule has 2 heterocycles. The summed E-state index contributed by atoms with van der Waals surface area (Å²) in [4.78, 5) is 4.49. The third kappa shape index (κ3) is 1.88. The molecule has 0 bridgehead atoms. The summed E-state index contributed by atoms with van der Waals surface area (Å²) in [5.74, 6) is 0.685. The zero-order chi connectivity index (χ0) is 11.5. The molecule has 0 fully saturated rings. The molecule has 2 rings (SSSR count). The van der Waals surface area contributed by atoms with Crippen LogP contribution in [0.1, 0.15) is 5.56 Å². The summed E-state index contributed by atoms with van der Waals surface area (Å²) in [5.41, 5.74) is 2.00. The van der Waals surface area contributed by atoms with Gasteiger partial charge in [-0.2, -0.15) is 4.98 Å². The molecule has 0 radical (unpaired) electrons. The fourth-order valence-corrected chi connectivity index (χ4v) is 1.78. The normalized spacial score (nSPS) is 10.9. The molecular weight excluding hydrogens is 204 g/mol. The highest BCUT2D eigenvalue weighted by molar-refractivity contribution is 5.77. The van der Waals surface area contributed by atoms with Crippen LogP contribution in [-0.2, 0) is 11.3 Å². The van der Waals surface area contributed by atoms with Gasteiger partial charge in [0.2, 0.25) is 5.88 Å². The molecule has 0 amide bonds. The van der Waals surface area contributed by atoms with Crippen LogP contribution in [0.4, 0.5) is 0 Å². The number of nitrogens with zero attached hydrogens (tertiary/aromatic N) is 2. The van der Waals surface area contributed by atoms with E-state index in [1.54, 1.807) is 14.2 Å². The first-order valence-electron chi connectivity index (χ1n) is 5.25. The second-order valence-corrected chi connectivity index (χ2v) is 3.73. The summed E-state index contributed by atoms with van der Waals surface area (Å²) in [5, 5.41) is 1.13. The van der Waals surface area contributed by atoms with Crippen molar-refractivity contribution in [3.8, 4) is 5.88 Å². The lowest BCUT2D eigenvalue weighted by atomic mass is 10.2. The Labute approximate surface area is 94.8 Å². The smallest absolute Gasteiger partial charge is 0.217 e. The Bertz CT molecular complexity index is 491. The molecule has 0 atom stereocenters. The van der Waals surface area contributed by atoms with Crippen molar-refractivity contribution in [1.82, 2.24) is 9.55 Å². The first-order chi connectivity index (χ1) is 7.76. The van der Waals surface area contributed by atoms with Gasteiger partial charge in [-0.3, -0.25) is 0 Å². The minimum Gasteiger partial charge on any atom is -0.481 e. The molecule has 86 valence electrons. The number of ether oxygens (including phenoxy) is 2. The number of hydrogen-bond acceptors (Lipinski definition) is 3. The van der Waals surface area contributed by atoms with Crippen LogP contribution in [0.25, 0.3) is 11.0 Å². The summed E-state index contributed by atoms with van der Waals surface area (Å²) >= 11 is 0. The molecular formula is C12H16N2O2. The highest BCUT2D eigenvalue weighted by atomic mass is 16.5. The quantitative estimate of drug-likeness (QED) is 0.790. The van der Waals surface area contributed by atoms with E-state index in [1.165, 1.54) is 0 Å². The Balaban J connectivity index is 2.45. The van der Waals surface area contributed by atoms with Gasteiger partial charge in [-0.15, -0.1) is 0 Å². The monoisotopic (exact) mass is 220 g/mol. The molecule has 0 aliphatic carbocycles. The maximum Gasteiger partial charge on any atom is 0.217 e. The lowest BCUT2D eigenvalue weighted by Gasteiger charge is -2.06. The summed E-state index contributed by atoms with van der Waals surface area (Å²) in [6.07, 6.45) is 2.02. The van der Waals surface area contributed by atoms with Gasteiger partial charge in [0.1, 0.15) is 5.65 Å². The Morgan fingerprint density at radius 2 is 2.19 bits per heavy atom. The molecule has 0 unspecified atom stereocenters. The topological polar surface area (TPSA) is 36.3 Å². The summed E-state index contributed by atoms with van der Waals surface area (Å²) < 4.78 is 12.4. The van der Waals surface area contributed by atoms with Crippen molar-refractivity contribution in [2.24, 2.45) is 0 Å². The van der Waals surface area contributed by atoms with Gasteiger partial charge in [-0.25, -0.2) is 0 Å². The van der Waals surface area contributed by atoms with Gasteiger partial charge in [-0.05, 0) is 19.1 Å². The second kappa shape index (κ2) is 4.53. The van der Waals surface area contributed by atoms with Gasteiger partial charge in [0.05, 0.1) is 13.7 Å². The van der Waals surface area contributed by atoms with Crippen molar-refractivity contribution in [1.29, 1.82) is 0 Å². The number of fused-ring (bicyclic) bond motifs is 1. The molecule has 0 aromatic carbocycles. The fraction of sp³-hybridized carbons (Fsp3) is 0.417. The van der Waals surface area contributed by atoms with Crippen molar-refractivity contribution in [3.05, 3.63) is 23.9 Å². The standard InChI is InChI=1S/C12H16N2O2/c1-9-8-10-4-5-14(6-7-15-2)11(10)13-12(9)16-3/h4-5,8H,6-7H2,1-3H3. The van der Waals surface area contributed by atoms with E-state index in [1.807, 2.05) is 13.1 Å². The Morgan fingerprint density at radius 3 is 2.88 bits per heavy atom. The van der Waals surface area contributed by atoms with E-state index in [0.717, 1.165) is 23.1 Å². The number of hydrogen-bond donors (Lipinski definition) is 0. The molecule has 2 aromatic heterocycles. The summed E-state index contributed by atoms with van der Waals surface area (Å²) in [6.45, 7) is 3.48. The Kier molecular flexibility index (Phi) is 3.10. The lowest BCUT2D eigenvalue weighted by Crippen LogP contribution is -2.04. The second-order valence-electron chi connectivity index (χ2n) is 3.73. The van der Waals surface area contributed by atoms with Gasteiger partial charge in [0.25, 0.3) is 0 Å². The van der Waals surface area contributed by atoms with Crippen molar-refractivity contribution in [2.45, 2.75) is 13.5 Å². The number of aryl methyl sites for hydroxylation is 1. The molecule has 0 spiro atoms. The maximum absolute atomic E-state index is 5.23. The van der Waals surface area contributed by atoms with Crippen molar-refractivity contribution in [2.75, 3.05) is 20.8 Å². The number of pyridine rings is 1. The Morgan fingerprint density at radius 1 is 1.38 bits per heavy atom. The SMILES string of the molecule is COCCn1ccc2cc(C)c(OC)nc21. The minimum atomic E-state index is 0.682. The minimum absolute atomic E-state index is 0.682. The molecule has 0 aliphatic rings. The van der Waals surface area contributed by atoms with Crippen LogP contribution in [0.2, 0.25) is 0 Å². The largest absolute Gasteiger partial charge is 0.481 e. The number of rotatable bonds is 4. The van der Waals surface area contributed by atoms with Gasteiger partial charge in [0.15, 0.2) is 0 Å². The number of aromatic nitrogens is 2. The van der Waals surface area contributed by atoms with Crippen LogP contribution >= 0.6 is 0 Å². The van der Waals surface area contributed by atoms with Crippen LogP contribution in [0.15, 0.2) is 18.3 Å². The van der Waals surface area contributed by atoms with Gasteiger partial charge >= 0.3 is 0 Å². The molecule has 0 aliphatic heterocycles. The molecule has 0 N–H and O–H groups in total. The van der Waals surface area contributed by atoms with E-state index in [4.69, 9.17) is 9.47 Å². The summed E-state index contributed by atoms with van der Waals surface area (Å²) in [7, 11) is 3.34. The average Bonchev–Trinajstić information content (AvgIpc) is 2.67. The molecule has 4 heteroatoms. The Hall–Kier alpha value is -1.55. The first-order valence-corrected chi connectivity index (χ1v) is 5.25. The highest BCUT2D eigenvalue weighted by Gasteiger charge is 2.07. The van der Waals surface area contributed by atoms with E-state index in [9.17, 15) is 0 Å². The highest BCUT2D eigenvalue weighted by Crippen LogP contribution is 2.22. The fourth-order valence-electron chi connectivity index (χ4n) is 1.78. The predicted octanol–water partition coefficient (Wildman–Crippen LogP) is 2.00. The maximum atomic E-state index is 5.23. The van der Waals surface area contributed by atoms with Crippen LogP contribution < -0.4 is 4.74 Å². The van der Waals surface area contributed by atoms with Crippen molar-refractivity contribution >= 4 is 11.0 Å². The van der Waals surface area contributed by atoms with E-state index >= 15 is 0 Å². The van der Waals surface area contributed by atoms with Crippen LogP contribution in [0.3, 0.4) is 0 Å². The van der Waals surface area contributed by atoms with Gasteiger partial charge < -0.3 is 14.0 Å². The van der Waals surface area contributed by atoms with E-state index in [-0.39, 0.29) is 0 Å². The van der Waals surface area contributed by atoms with E-state index in [0.29, 0.717) is 12.5 Å². The third-order valence-corrected chi connectivity index (χ3v) is 2.61. The molecule has 0 saturated heterocycles. The van der Waals surface area contributed by atoms with E-state index < -0.39 is 0 Å². The molecule has 4 nitrogen and oxygen atoms in total. The van der Waals surface area contributed by atoms with Crippen LogP contribution in [-0.4, -0.2) is 30.4 Å². The molecule has 0 saturated carbocycles. The van der Waals surface area contributed by atoms with Crippen molar-refractivity contribution < 1.29 is 9.47 Å². The molecule has 2 aromatic rings.